The minimum absolute atomic E-state index is 0.0282. The first-order chi connectivity index (χ1) is 12.5. The molecule has 1 N–H and O–H groups in total. The van der Waals surface area contributed by atoms with Gasteiger partial charge in [0.15, 0.2) is 0 Å². The van der Waals surface area contributed by atoms with Gasteiger partial charge in [0.25, 0.3) is 0 Å². The largest absolute Gasteiger partial charge is 0.494 e. The molecule has 0 saturated heterocycles. The number of ether oxygens (including phenoxy) is 1. The summed E-state index contributed by atoms with van der Waals surface area (Å²) in [6.45, 7) is 2.97. The molecular formula is C21H27FN2O2. The highest BCUT2D eigenvalue weighted by molar-refractivity contribution is 5.76. The molecule has 0 heterocycles. The fraction of sp³-hybridized carbons (Fsp3) is 0.381. The van der Waals surface area contributed by atoms with Crippen LogP contribution < -0.4 is 10.1 Å². The Morgan fingerprint density at radius 3 is 2.65 bits per heavy atom. The van der Waals surface area contributed by atoms with Crippen molar-refractivity contribution in [2.24, 2.45) is 0 Å². The van der Waals surface area contributed by atoms with Crippen LogP contribution >= 0.6 is 0 Å². The van der Waals surface area contributed by atoms with E-state index >= 15 is 0 Å². The first-order valence-electron chi connectivity index (χ1n) is 8.90. The average Bonchev–Trinajstić information content (AvgIpc) is 2.61. The summed E-state index contributed by atoms with van der Waals surface area (Å²) in [6.07, 6.45) is 1.00. The number of rotatable bonds is 9. The van der Waals surface area contributed by atoms with Crippen LogP contribution in [0.1, 0.15) is 30.5 Å². The van der Waals surface area contributed by atoms with E-state index in [1.54, 1.807) is 6.07 Å². The normalized spacial score (nSPS) is 12.0. The number of amides is 1. The van der Waals surface area contributed by atoms with Crippen molar-refractivity contribution in [1.29, 1.82) is 0 Å². The number of carbonyl (C=O) groups is 1. The predicted molar refractivity (Wildman–Crippen MR) is 102 cm³/mol. The van der Waals surface area contributed by atoms with Crippen LogP contribution in [-0.4, -0.2) is 38.1 Å². The summed E-state index contributed by atoms with van der Waals surface area (Å²) in [5, 5.41) is 2.96. The fourth-order valence-electron chi connectivity index (χ4n) is 2.87. The van der Waals surface area contributed by atoms with Gasteiger partial charge in [0.05, 0.1) is 12.6 Å². The second kappa shape index (κ2) is 9.92. The zero-order chi connectivity index (χ0) is 18.9. The molecule has 0 aliphatic rings. The molecule has 26 heavy (non-hydrogen) atoms. The van der Waals surface area contributed by atoms with E-state index in [-0.39, 0.29) is 17.8 Å². The Kier molecular flexibility index (Phi) is 7.60. The molecule has 0 radical (unpaired) electrons. The lowest BCUT2D eigenvalue weighted by molar-refractivity contribution is -0.121. The summed E-state index contributed by atoms with van der Waals surface area (Å²) >= 11 is 0. The van der Waals surface area contributed by atoms with Crippen LogP contribution in [0.4, 0.5) is 4.39 Å². The van der Waals surface area contributed by atoms with Crippen LogP contribution in [0.2, 0.25) is 0 Å². The molecule has 0 spiro atoms. The van der Waals surface area contributed by atoms with Gasteiger partial charge in [-0.2, -0.15) is 0 Å². The first-order valence-corrected chi connectivity index (χ1v) is 8.90. The van der Waals surface area contributed by atoms with Gasteiger partial charge in [0.2, 0.25) is 5.91 Å². The Morgan fingerprint density at radius 2 is 1.96 bits per heavy atom. The maximum atomic E-state index is 13.5. The van der Waals surface area contributed by atoms with Gasteiger partial charge in [-0.1, -0.05) is 30.3 Å². The van der Waals surface area contributed by atoms with E-state index in [1.807, 2.05) is 56.3 Å². The summed E-state index contributed by atoms with van der Waals surface area (Å²) < 4.78 is 19.1. The molecule has 0 bridgehead atoms. The van der Waals surface area contributed by atoms with Crippen molar-refractivity contribution in [3.63, 3.8) is 0 Å². The van der Waals surface area contributed by atoms with E-state index in [1.165, 1.54) is 12.1 Å². The standard InChI is InChI=1S/C21H27FN2O2/c1-4-26-20-11-6-5-8-16(20)12-13-21(25)23-15-19(24(2)3)17-9-7-10-18(22)14-17/h5-11,14,19H,4,12-13,15H2,1-3H3,(H,23,25). The number of aryl methyl sites for hydroxylation is 1. The highest BCUT2D eigenvalue weighted by Crippen LogP contribution is 2.20. The summed E-state index contributed by atoms with van der Waals surface area (Å²) in [5.74, 6) is 0.529. The van der Waals surface area contributed by atoms with Crippen LogP contribution in [0, 0.1) is 5.82 Å². The van der Waals surface area contributed by atoms with Crippen LogP contribution in [0.3, 0.4) is 0 Å². The van der Waals surface area contributed by atoms with Gasteiger partial charge in [-0.25, -0.2) is 4.39 Å². The Labute approximate surface area is 155 Å². The molecule has 0 saturated carbocycles. The smallest absolute Gasteiger partial charge is 0.220 e. The number of hydrogen-bond donors (Lipinski definition) is 1. The second-order valence-corrected chi connectivity index (χ2v) is 6.38. The molecule has 1 unspecified atom stereocenters. The van der Waals surface area contributed by atoms with Gasteiger partial charge in [0, 0.05) is 13.0 Å². The molecule has 2 aromatic rings. The van der Waals surface area contributed by atoms with E-state index < -0.39 is 0 Å². The highest BCUT2D eigenvalue weighted by atomic mass is 19.1. The first kappa shape index (κ1) is 19.9. The number of halogens is 1. The lowest BCUT2D eigenvalue weighted by Crippen LogP contribution is -2.34. The third-order valence-corrected chi connectivity index (χ3v) is 4.24. The second-order valence-electron chi connectivity index (χ2n) is 6.38. The van der Waals surface area contributed by atoms with Crippen molar-refractivity contribution >= 4 is 5.91 Å². The molecule has 1 amide bonds. The number of benzene rings is 2. The molecule has 4 nitrogen and oxygen atoms in total. The molecule has 1 atom stereocenters. The quantitative estimate of drug-likeness (QED) is 0.745. The lowest BCUT2D eigenvalue weighted by Gasteiger charge is -2.25. The third kappa shape index (κ3) is 5.85. The summed E-state index contributed by atoms with van der Waals surface area (Å²) in [6, 6.07) is 14.2. The van der Waals surface area contributed by atoms with Gasteiger partial charge in [0.1, 0.15) is 11.6 Å². The predicted octanol–water partition coefficient (Wildman–Crippen LogP) is 3.58. The van der Waals surface area contributed by atoms with Crippen molar-refractivity contribution in [3.8, 4) is 5.75 Å². The molecule has 0 fully saturated rings. The Morgan fingerprint density at radius 1 is 1.19 bits per heavy atom. The number of nitrogens with zero attached hydrogens (tertiary/aromatic N) is 1. The summed E-state index contributed by atoms with van der Waals surface area (Å²) in [7, 11) is 3.83. The molecular weight excluding hydrogens is 331 g/mol. The highest BCUT2D eigenvalue weighted by Gasteiger charge is 2.16. The minimum atomic E-state index is -0.270. The van der Waals surface area contributed by atoms with E-state index in [0.717, 1.165) is 16.9 Å². The summed E-state index contributed by atoms with van der Waals surface area (Å²) in [5.41, 5.74) is 1.87. The number of likely N-dealkylation sites (N-methyl/N-ethyl adjacent to an activating group) is 1. The van der Waals surface area contributed by atoms with Crippen LogP contribution in [0.5, 0.6) is 5.75 Å². The number of nitrogens with one attached hydrogen (secondary N) is 1. The van der Waals surface area contributed by atoms with Gasteiger partial charge in [-0.15, -0.1) is 0 Å². The lowest BCUT2D eigenvalue weighted by atomic mass is 10.1. The van der Waals surface area contributed by atoms with Gasteiger partial charge < -0.3 is 15.0 Å². The minimum Gasteiger partial charge on any atom is -0.494 e. The third-order valence-electron chi connectivity index (χ3n) is 4.24. The van der Waals surface area contributed by atoms with Gasteiger partial charge in [-0.3, -0.25) is 4.79 Å². The number of hydrogen-bond acceptors (Lipinski definition) is 3. The van der Waals surface area contributed by atoms with E-state index in [4.69, 9.17) is 4.74 Å². The molecule has 0 aliphatic heterocycles. The Hall–Kier alpha value is -2.40. The van der Waals surface area contributed by atoms with Gasteiger partial charge in [-0.05, 0) is 56.8 Å². The zero-order valence-corrected chi connectivity index (χ0v) is 15.7. The molecule has 5 heteroatoms. The number of carbonyl (C=O) groups excluding carboxylic acids is 1. The van der Waals surface area contributed by atoms with Crippen molar-refractivity contribution in [3.05, 3.63) is 65.5 Å². The van der Waals surface area contributed by atoms with Crippen LogP contribution in [-0.2, 0) is 11.2 Å². The summed E-state index contributed by atoms with van der Waals surface area (Å²) in [4.78, 5) is 14.2. The van der Waals surface area contributed by atoms with E-state index in [0.29, 0.717) is 26.0 Å². The molecule has 2 aromatic carbocycles. The van der Waals surface area contributed by atoms with Crippen LogP contribution in [0.25, 0.3) is 0 Å². The van der Waals surface area contributed by atoms with E-state index in [2.05, 4.69) is 5.32 Å². The van der Waals surface area contributed by atoms with Crippen molar-refractivity contribution in [2.45, 2.75) is 25.8 Å². The molecule has 0 aromatic heterocycles. The number of para-hydroxylation sites is 1. The Balaban J connectivity index is 1.91. The van der Waals surface area contributed by atoms with Crippen LogP contribution in [0.15, 0.2) is 48.5 Å². The topological polar surface area (TPSA) is 41.6 Å². The van der Waals surface area contributed by atoms with Crippen molar-refractivity contribution in [1.82, 2.24) is 10.2 Å². The molecule has 2 rings (SSSR count). The average molecular weight is 358 g/mol. The fourth-order valence-corrected chi connectivity index (χ4v) is 2.87. The Bertz CT molecular complexity index is 719. The van der Waals surface area contributed by atoms with Crippen molar-refractivity contribution < 1.29 is 13.9 Å². The molecule has 140 valence electrons. The zero-order valence-electron chi connectivity index (χ0n) is 15.7. The monoisotopic (exact) mass is 358 g/mol. The maximum Gasteiger partial charge on any atom is 0.220 e. The molecule has 0 aliphatic carbocycles. The maximum absolute atomic E-state index is 13.5. The SMILES string of the molecule is CCOc1ccccc1CCC(=O)NCC(c1cccc(F)c1)N(C)C. The van der Waals surface area contributed by atoms with Crippen molar-refractivity contribution in [2.75, 3.05) is 27.2 Å². The van der Waals surface area contributed by atoms with Gasteiger partial charge >= 0.3 is 0 Å². The van der Waals surface area contributed by atoms with E-state index in [9.17, 15) is 9.18 Å².